The molecule has 2 aliphatic heterocycles. The Morgan fingerprint density at radius 2 is 1.68 bits per heavy atom. The van der Waals surface area contributed by atoms with E-state index in [-0.39, 0.29) is 11.1 Å². The summed E-state index contributed by atoms with van der Waals surface area (Å²) >= 11 is 1.14. The van der Waals surface area contributed by atoms with Gasteiger partial charge in [-0.25, -0.2) is 9.78 Å². The zero-order valence-corrected chi connectivity index (χ0v) is 16.1. The van der Waals surface area contributed by atoms with Crippen LogP contribution in [0.3, 0.4) is 0 Å². The zero-order chi connectivity index (χ0) is 19.7. The van der Waals surface area contributed by atoms with E-state index in [0.717, 1.165) is 54.8 Å². The molecule has 28 heavy (non-hydrogen) atoms. The van der Waals surface area contributed by atoms with Gasteiger partial charge in [-0.1, -0.05) is 17.4 Å². The Labute approximate surface area is 165 Å². The van der Waals surface area contributed by atoms with E-state index in [1.165, 1.54) is 4.90 Å². The van der Waals surface area contributed by atoms with E-state index in [0.29, 0.717) is 24.2 Å². The van der Waals surface area contributed by atoms with Crippen LogP contribution < -0.4 is 4.74 Å². The van der Waals surface area contributed by atoms with E-state index in [2.05, 4.69) is 4.98 Å². The third-order valence-corrected chi connectivity index (χ3v) is 6.02. The van der Waals surface area contributed by atoms with Crippen molar-refractivity contribution >= 4 is 39.3 Å². The predicted octanol–water partition coefficient (Wildman–Crippen LogP) is 1.99. The smallest absolute Gasteiger partial charge is 0.355 e. The molecule has 0 aliphatic carbocycles. The standard InChI is InChI=1S/C19H21N3O5S/c23-16(21-8-1-2-9-21)12-6-5-7-13-14(12)20-19(28-13)27-15(18(25)26)17(24)22-10-3-4-11-22/h5-7,15H,1-4,8-11H2,(H,25,26). The molecule has 1 aromatic carbocycles. The summed E-state index contributed by atoms with van der Waals surface area (Å²) < 4.78 is 6.21. The van der Waals surface area contributed by atoms with Gasteiger partial charge in [0.15, 0.2) is 0 Å². The van der Waals surface area contributed by atoms with Gasteiger partial charge in [-0.3, -0.25) is 9.59 Å². The summed E-state index contributed by atoms with van der Waals surface area (Å²) in [7, 11) is 0. The minimum absolute atomic E-state index is 0.0802. The molecule has 1 N–H and O–H groups in total. The second-order valence-corrected chi connectivity index (χ2v) is 7.99. The van der Waals surface area contributed by atoms with Crippen LogP contribution in [0, 0.1) is 0 Å². The highest BCUT2D eigenvalue weighted by Crippen LogP contribution is 2.32. The number of nitrogens with zero attached hydrogens (tertiary/aromatic N) is 3. The molecule has 1 atom stereocenters. The monoisotopic (exact) mass is 403 g/mol. The van der Waals surface area contributed by atoms with E-state index in [1.807, 2.05) is 0 Å². The second kappa shape index (κ2) is 7.75. The fraction of sp³-hybridized carbons (Fsp3) is 0.474. The van der Waals surface area contributed by atoms with Gasteiger partial charge in [-0.2, -0.15) is 0 Å². The third kappa shape index (κ3) is 3.54. The largest absolute Gasteiger partial charge is 0.478 e. The molecule has 0 spiro atoms. The lowest BCUT2D eigenvalue weighted by Gasteiger charge is -2.19. The van der Waals surface area contributed by atoms with Gasteiger partial charge in [0.25, 0.3) is 23.1 Å². The molecule has 0 saturated carbocycles. The number of carbonyl (C=O) groups excluding carboxylic acids is 2. The normalized spacial score (nSPS) is 17.9. The topological polar surface area (TPSA) is 100 Å². The number of ether oxygens (including phenoxy) is 1. The first-order chi connectivity index (χ1) is 13.5. The van der Waals surface area contributed by atoms with E-state index < -0.39 is 18.0 Å². The van der Waals surface area contributed by atoms with Crippen molar-refractivity contribution in [2.75, 3.05) is 26.2 Å². The van der Waals surface area contributed by atoms with Gasteiger partial charge in [-0.15, -0.1) is 0 Å². The molecule has 2 amide bonds. The van der Waals surface area contributed by atoms with E-state index in [1.54, 1.807) is 23.1 Å². The van der Waals surface area contributed by atoms with E-state index in [4.69, 9.17) is 4.74 Å². The van der Waals surface area contributed by atoms with Gasteiger partial charge in [-0.05, 0) is 37.8 Å². The first-order valence-electron chi connectivity index (χ1n) is 9.41. The number of fused-ring (bicyclic) bond motifs is 1. The number of hydrogen-bond donors (Lipinski definition) is 1. The van der Waals surface area contributed by atoms with Crippen LogP contribution in [0.5, 0.6) is 5.19 Å². The second-order valence-electron chi connectivity index (χ2n) is 7.00. The van der Waals surface area contributed by atoms with Crippen molar-refractivity contribution in [3.63, 3.8) is 0 Å². The summed E-state index contributed by atoms with van der Waals surface area (Å²) in [5.74, 6) is -1.98. The predicted molar refractivity (Wildman–Crippen MR) is 103 cm³/mol. The Balaban J connectivity index is 1.60. The van der Waals surface area contributed by atoms with Crippen LogP contribution in [0.25, 0.3) is 10.2 Å². The number of thiazole rings is 1. The molecule has 0 radical (unpaired) electrons. The molecule has 2 aliphatic rings. The zero-order valence-electron chi connectivity index (χ0n) is 15.3. The first-order valence-corrected chi connectivity index (χ1v) is 10.2. The summed E-state index contributed by atoms with van der Waals surface area (Å²) in [6.45, 7) is 2.54. The average molecular weight is 403 g/mol. The number of carboxylic acid groups (broad SMARTS) is 1. The van der Waals surface area contributed by atoms with E-state index >= 15 is 0 Å². The summed E-state index contributed by atoms with van der Waals surface area (Å²) in [4.78, 5) is 44.5. The number of amides is 2. The van der Waals surface area contributed by atoms with Gasteiger partial charge in [0.05, 0.1) is 15.8 Å². The number of aliphatic carboxylic acids is 1. The minimum atomic E-state index is -1.63. The number of benzene rings is 1. The van der Waals surface area contributed by atoms with Crippen LogP contribution in [0.1, 0.15) is 36.0 Å². The molecule has 3 heterocycles. The maximum atomic E-state index is 12.8. The summed E-state index contributed by atoms with van der Waals surface area (Å²) in [5, 5.41) is 9.55. The highest BCUT2D eigenvalue weighted by Gasteiger charge is 2.35. The van der Waals surface area contributed by atoms with Crippen molar-refractivity contribution in [1.29, 1.82) is 0 Å². The fourth-order valence-electron chi connectivity index (χ4n) is 3.65. The van der Waals surface area contributed by atoms with Crippen molar-refractivity contribution in [1.82, 2.24) is 14.8 Å². The van der Waals surface area contributed by atoms with E-state index in [9.17, 15) is 19.5 Å². The van der Waals surface area contributed by atoms with Crippen molar-refractivity contribution in [2.24, 2.45) is 0 Å². The Morgan fingerprint density at radius 3 is 2.32 bits per heavy atom. The Morgan fingerprint density at radius 1 is 1.04 bits per heavy atom. The quantitative estimate of drug-likeness (QED) is 0.767. The van der Waals surface area contributed by atoms with Crippen molar-refractivity contribution < 1.29 is 24.2 Å². The lowest BCUT2D eigenvalue weighted by atomic mass is 10.2. The molecule has 2 aromatic rings. The molecule has 1 unspecified atom stereocenters. The van der Waals surface area contributed by atoms with Gasteiger partial charge in [0.1, 0.15) is 0 Å². The molecule has 8 nitrogen and oxygen atoms in total. The summed E-state index contributed by atoms with van der Waals surface area (Å²) in [5.41, 5.74) is 0.959. The number of aromatic nitrogens is 1. The number of para-hydroxylation sites is 1. The Bertz CT molecular complexity index is 915. The van der Waals surface area contributed by atoms with Crippen LogP contribution in [-0.4, -0.2) is 70.0 Å². The number of likely N-dealkylation sites (tertiary alicyclic amines) is 2. The molecule has 9 heteroatoms. The SMILES string of the molecule is O=C(O)C(Oc1nc2c(C(=O)N3CCCC3)cccc2s1)C(=O)N1CCCC1. The van der Waals surface area contributed by atoms with Gasteiger partial charge < -0.3 is 19.6 Å². The van der Waals surface area contributed by atoms with Gasteiger partial charge in [0, 0.05) is 26.2 Å². The maximum Gasteiger partial charge on any atom is 0.355 e. The van der Waals surface area contributed by atoms with Gasteiger partial charge >= 0.3 is 5.97 Å². The molecule has 1 aromatic heterocycles. The van der Waals surface area contributed by atoms with Crippen molar-refractivity contribution in [3.05, 3.63) is 23.8 Å². The van der Waals surface area contributed by atoms with Crippen LogP contribution in [0.4, 0.5) is 0 Å². The minimum Gasteiger partial charge on any atom is -0.478 e. The summed E-state index contributed by atoms with van der Waals surface area (Å²) in [6, 6.07) is 5.30. The molecule has 2 fully saturated rings. The molecule has 2 saturated heterocycles. The lowest BCUT2D eigenvalue weighted by Crippen LogP contribution is -2.45. The van der Waals surface area contributed by atoms with Crippen molar-refractivity contribution in [2.45, 2.75) is 31.8 Å². The average Bonchev–Trinajstić information content (AvgIpc) is 3.45. The number of rotatable bonds is 5. The van der Waals surface area contributed by atoms with Crippen LogP contribution in [0.15, 0.2) is 18.2 Å². The number of hydrogen-bond acceptors (Lipinski definition) is 6. The van der Waals surface area contributed by atoms with Crippen molar-refractivity contribution in [3.8, 4) is 5.19 Å². The highest BCUT2D eigenvalue weighted by molar-refractivity contribution is 7.20. The maximum absolute atomic E-state index is 12.8. The Hall–Kier alpha value is -2.68. The molecular formula is C19H21N3O5S. The van der Waals surface area contributed by atoms with Crippen LogP contribution >= 0.6 is 11.3 Å². The first kappa shape index (κ1) is 18.7. The molecule has 0 bridgehead atoms. The molecule has 4 rings (SSSR count). The van der Waals surface area contributed by atoms with Gasteiger partial charge in [0.2, 0.25) is 0 Å². The fourth-order valence-corrected chi connectivity index (χ4v) is 4.52. The highest BCUT2D eigenvalue weighted by atomic mass is 32.1. The molecular weight excluding hydrogens is 382 g/mol. The van der Waals surface area contributed by atoms with Crippen LogP contribution in [0.2, 0.25) is 0 Å². The van der Waals surface area contributed by atoms with Crippen LogP contribution in [-0.2, 0) is 9.59 Å². The molecule has 148 valence electrons. The number of carboxylic acids is 1. The number of carbonyl (C=O) groups is 3. The Kier molecular flexibility index (Phi) is 5.17. The summed E-state index contributed by atoms with van der Waals surface area (Å²) in [6.07, 6.45) is 2.08. The lowest BCUT2D eigenvalue weighted by molar-refractivity contribution is -0.155. The third-order valence-electron chi connectivity index (χ3n) is 5.11.